The number of anilines is 1. The Labute approximate surface area is 159 Å². The van der Waals surface area contributed by atoms with Gasteiger partial charge in [0.2, 0.25) is 5.91 Å². The summed E-state index contributed by atoms with van der Waals surface area (Å²) in [5.41, 5.74) is 3.13. The lowest BCUT2D eigenvalue weighted by atomic mass is 10.1. The molecule has 0 aliphatic carbocycles. The van der Waals surface area contributed by atoms with Gasteiger partial charge in [-0.25, -0.2) is 9.97 Å². The van der Waals surface area contributed by atoms with Crippen molar-refractivity contribution >= 4 is 11.7 Å². The summed E-state index contributed by atoms with van der Waals surface area (Å²) in [4.78, 5) is 28.5. The molecule has 2 aliphatic heterocycles. The lowest BCUT2D eigenvalue weighted by molar-refractivity contribution is -0.130. The highest BCUT2D eigenvalue weighted by atomic mass is 16.2. The van der Waals surface area contributed by atoms with E-state index < -0.39 is 0 Å². The summed E-state index contributed by atoms with van der Waals surface area (Å²) in [5, 5.41) is 4.33. The van der Waals surface area contributed by atoms with Crippen LogP contribution in [0.5, 0.6) is 0 Å². The monoisotopic (exact) mass is 369 g/mol. The molecule has 1 saturated heterocycles. The van der Waals surface area contributed by atoms with E-state index in [1.54, 1.807) is 11.0 Å². The Morgan fingerprint density at radius 2 is 1.81 bits per heavy atom. The van der Waals surface area contributed by atoms with Crippen molar-refractivity contribution in [2.24, 2.45) is 7.05 Å². The third kappa shape index (κ3) is 3.95. The molecule has 4 heterocycles. The van der Waals surface area contributed by atoms with Gasteiger partial charge in [0.1, 0.15) is 12.1 Å². The Balaban J connectivity index is 1.46. The molecule has 1 amide bonds. The smallest absolute Gasteiger partial charge is 0.228 e. The fourth-order valence-corrected chi connectivity index (χ4v) is 3.87. The summed E-state index contributed by atoms with van der Waals surface area (Å²) in [6, 6.07) is 1.90. The minimum Gasteiger partial charge on any atom is -0.354 e. The summed E-state index contributed by atoms with van der Waals surface area (Å²) in [5.74, 6) is 1.20. The number of fused-ring (bicyclic) bond motifs is 1. The van der Waals surface area contributed by atoms with Gasteiger partial charge in [-0.05, 0) is 19.5 Å². The van der Waals surface area contributed by atoms with Gasteiger partial charge in [0.15, 0.2) is 0 Å². The number of nitrogens with zero attached hydrogens (tertiary/aromatic N) is 7. The maximum absolute atomic E-state index is 12.7. The van der Waals surface area contributed by atoms with Gasteiger partial charge in [-0.1, -0.05) is 0 Å². The van der Waals surface area contributed by atoms with Gasteiger partial charge < -0.3 is 14.7 Å². The van der Waals surface area contributed by atoms with Crippen LogP contribution in [0.2, 0.25) is 0 Å². The van der Waals surface area contributed by atoms with Crippen molar-refractivity contribution in [2.45, 2.75) is 19.3 Å². The molecule has 0 aromatic carbocycles. The van der Waals surface area contributed by atoms with Crippen LogP contribution in [-0.4, -0.2) is 81.8 Å². The molecule has 8 heteroatoms. The molecule has 0 atom stereocenters. The number of piperazine rings is 1. The van der Waals surface area contributed by atoms with Crippen LogP contribution in [0.25, 0.3) is 0 Å². The molecule has 2 aromatic rings. The molecule has 4 rings (SSSR count). The molecule has 0 saturated carbocycles. The van der Waals surface area contributed by atoms with E-state index in [9.17, 15) is 4.79 Å². The number of likely N-dealkylation sites (N-methyl/N-ethyl adjacent to an activating group) is 1. The molecule has 8 nitrogen and oxygen atoms in total. The molecular formula is C19H27N7O. The fraction of sp³-hybridized carbons (Fsp3) is 0.579. The van der Waals surface area contributed by atoms with Gasteiger partial charge in [-0.3, -0.25) is 9.48 Å². The Morgan fingerprint density at radius 1 is 1.04 bits per heavy atom. The van der Waals surface area contributed by atoms with Crippen molar-refractivity contribution in [1.29, 1.82) is 0 Å². The Hall–Kier alpha value is -2.48. The zero-order chi connectivity index (χ0) is 18.8. The average molecular weight is 369 g/mol. The van der Waals surface area contributed by atoms with E-state index in [4.69, 9.17) is 0 Å². The third-order valence-electron chi connectivity index (χ3n) is 5.52. The number of carbonyl (C=O) groups excluding carboxylic acids is 1. The lowest BCUT2D eigenvalue weighted by Gasteiger charge is -2.34. The molecule has 1 fully saturated rings. The molecule has 0 spiro atoms. The van der Waals surface area contributed by atoms with Crippen LogP contribution in [0.15, 0.2) is 18.6 Å². The van der Waals surface area contributed by atoms with E-state index in [0.717, 1.165) is 56.2 Å². The zero-order valence-electron chi connectivity index (χ0n) is 16.1. The van der Waals surface area contributed by atoms with Crippen LogP contribution in [0.4, 0.5) is 5.82 Å². The predicted octanol–water partition coefficient (Wildman–Crippen LogP) is 0.132. The number of aryl methyl sites for hydroxylation is 1. The lowest BCUT2D eigenvalue weighted by Crippen LogP contribution is -2.45. The van der Waals surface area contributed by atoms with Gasteiger partial charge in [0, 0.05) is 64.5 Å². The Bertz CT molecular complexity index is 810. The highest BCUT2D eigenvalue weighted by Gasteiger charge is 2.25. The van der Waals surface area contributed by atoms with Gasteiger partial charge in [-0.15, -0.1) is 0 Å². The average Bonchev–Trinajstić information content (AvgIpc) is 2.94. The van der Waals surface area contributed by atoms with E-state index in [2.05, 4.69) is 31.9 Å². The van der Waals surface area contributed by atoms with Crippen molar-refractivity contribution in [2.75, 3.05) is 51.2 Å². The van der Waals surface area contributed by atoms with Crippen LogP contribution in [0.3, 0.4) is 0 Å². The van der Waals surface area contributed by atoms with Crippen molar-refractivity contribution < 1.29 is 4.79 Å². The van der Waals surface area contributed by atoms with Gasteiger partial charge in [0.25, 0.3) is 0 Å². The molecule has 144 valence electrons. The molecule has 0 bridgehead atoms. The first-order valence-corrected chi connectivity index (χ1v) is 9.62. The first-order chi connectivity index (χ1) is 13.1. The standard InChI is InChI=1S/C19H27N7O/c1-23-9-11-26(12-10-23)19-16-4-7-25(8-5-17(16)20-14-21-19)18(27)13-15-3-6-24(2)22-15/h3,6,14H,4-5,7-13H2,1-2H3. The second kappa shape index (κ2) is 7.64. The normalized spacial score (nSPS) is 18.3. The maximum atomic E-state index is 12.7. The largest absolute Gasteiger partial charge is 0.354 e. The highest BCUT2D eigenvalue weighted by molar-refractivity contribution is 5.78. The zero-order valence-corrected chi connectivity index (χ0v) is 16.1. The maximum Gasteiger partial charge on any atom is 0.228 e. The third-order valence-corrected chi connectivity index (χ3v) is 5.52. The molecule has 0 unspecified atom stereocenters. The molecule has 2 aliphatic rings. The first kappa shape index (κ1) is 17.9. The fourth-order valence-electron chi connectivity index (χ4n) is 3.87. The minimum absolute atomic E-state index is 0.135. The summed E-state index contributed by atoms with van der Waals surface area (Å²) in [6.45, 7) is 5.50. The topological polar surface area (TPSA) is 70.4 Å². The minimum atomic E-state index is 0.135. The molecule has 27 heavy (non-hydrogen) atoms. The van der Waals surface area contributed by atoms with Crippen LogP contribution in [0, 0.1) is 0 Å². The predicted molar refractivity (Wildman–Crippen MR) is 103 cm³/mol. The number of aromatic nitrogens is 4. The van der Waals surface area contributed by atoms with E-state index in [-0.39, 0.29) is 5.91 Å². The number of hydrogen-bond donors (Lipinski definition) is 0. The van der Waals surface area contributed by atoms with Gasteiger partial charge in [0.05, 0.1) is 17.8 Å². The van der Waals surface area contributed by atoms with E-state index in [1.807, 2.05) is 24.2 Å². The summed E-state index contributed by atoms with van der Waals surface area (Å²) >= 11 is 0. The van der Waals surface area contributed by atoms with Crippen LogP contribution >= 0.6 is 0 Å². The van der Waals surface area contributed by atoms with Gasteiger partial charge in [-0.2, -0.15) is 5.10 Å². The number of hydrogen-bond acceptors (Lipinski definition) is 6. The van der Waals surface area contributed by atoms with Crippen LogP contribution < -0.4 is 4.90 Å². The van der Waals surface area contributed by atoms with E-state index in [1.165, 1.54) is 5.56 Å². The van der Waals surface area contributed by atoms with Crippen molar-refractivity contribution in [3.63, 3.8) is 0 Å². The number of carbonyl (C=O) groups is 1. The van der Waals surface area contributed by atoms with Crippen molar-refractivity contribution in [3.05, 3.63) is 35.5 Å². The molecular weight excluding hydrogens is 342 g/mol. The van der Waals surface area contributed by atoms with E-state index >= 15 is 0 Å². The van der Waals surface area contributed by atoms with E-state index in [0.29, 0.717) is 19.5 Å². The number of rotatable bonds is 3. The van der Waals surface area contributed by atoms with Crippen molar-refractivity contribution in [1.82, 2.24) is 29.5 Å². The summed E-state index contributed by atoms with van der Waals surface area (Å²) < 4.78 is 1.73. The quantitative estimate of drug-likeness (QED) is 0.766. The van der Waals surface area contributed by atoms with Crippen LogP contribution in [-0.2, 0) is 31.1 Å². The molecule has 0 N–H and O–H groups in total. The van der Waals surface area contributed by atoms with Gasteiger partial charge >= 0.3 is 0 Å². The number of amides is 1. The highest BCUT2D eigenvalue weighted by Crippen LogP contribution is 2.24. The van der Waals surface area contributed by atoms with Crippen molar-refractivity contribution in [3.8, 4) is 0 Å². The van der Waals surface area contributed by atoms with Crippen LogP contribution in [0.1, 0.15) is 17.0 Å². The summed E-state index contributed by atoms with van der Waals surface area (Å²) in [7, 11) is 4.03. The molecule has 2 aromatic heterocycles. The SMILES string of the molecule is CN1CCN(c2ncnc3c2CCN(C(=O)Cc2ccn(C)n2)CC3)CC1. The second-order valence-corrected chi connectivity index (χ2v) is 7.45. The second-order valence-electron chi connectivity index (χ2n) is 7.45. The Morgan fingerprint density at radius 3 is 2.56 bits per heavy atom. The molecule has 0 radical (unpaired) electrons. The Kier molecular flexibility index (Phi) is 5.07. The first-order valence-electron chi connectivity index (χ1n) is 9.62. The summed E-state index contributed by atoms with van der Waals surface area (Å²) in [6.07, 6.45) is 5.50.